The molecule has 0 bridgehead atoms. The molecule has 0 aromatic heterocycles. The summed E-state index contributed by atoms with van der Waals surface area (Å²) in [4.78, 5) is 20.8. The highest BCUT2D eigenvalue weighted by Crippen LogP contribution is 2.44. The molecule has 8 heteroatoms. The van der Waals surface area contributed by atoms with Gasteiger partial charge in [0, 0.05) is 24.5 Å². The molecule has 1 unspecified atom stereocenters. The van der Waals surface area contributed by atoms with Crippen LogP contribution in [0.3, 0.4) is 0 Å². The number of aliphatic imine (C=N–C) groups is 1. The molecule has 7 nitrogen and oxygen atoms in total. The van der Waals surface area contributed by atoms with Crippen LogP contribution < -0.4 is 16.8 Å². The first-order chi connectivity index (χ1) is 22.8. The number of piperidine rings is 1. The van der Waals surface area contributed by atoms with E-state index in [1.165, 1.54) is 60.2 Å². The van der Waals surface area contributed by atoms with Gasteiger partial charge >= 0.3 is 0 Å². The van der Waals surface area contributed by atoms with Crippen molar-refractivity contribution in [2.75, 3.05) is 53.9 Å². The molecule has 1 saturated heterocycles. The number of carbonyl (C=O) groups excluding carboxylic acids is 1. The third kappa shape index (κ3) is 9.77. The number of hydrogen-bond donors (Lipinski definition) is 3. The molecular formula is C39H53ClN6O. The molecule has 1 heterocycles. The van der Waals surface area contributed by atoms with Crippen molar-refractivity contribution in [2.45, 2.75) is 56.9 Å². The van der Waals surface area contributed by atoms with Gasteiger partial charge in [-0.3, -0.25) is 9.79 Å². The quantitative estimate of drug-likeness (QED) is 0.144. The molecule has 0 radical (unpaired) electrons. The SMILES string of the molecule is CN(C)CCC=C1c2ccccc2-c2ccccc21.CNC1(c2ccccc2Cl)CCCCC1=O.NC(N)=NCCN1CCCCC1. The summed E-state index contributed by atoms with van der Waals surface area (Å²) in [7, 11) is 6.08. The van der Waals surface area contributed by atoms with Crippen molar-refractivity contribution >= 4 is 28.9 Å². The number of nitrogens with zero attached hydrogens (tertiary/aromatic N) is 3. The van der Waals surface area contributed by atoms with E-state index in [2.05, 4.69) is 88.8 Å². The Morgan fingerprint density at radius 3 is 2.04 bits per heavy atom. The van der Waals surface area contributed by atoms with E-state index in [-0.39, 0.29) is 11.7 Å². The number of benzene rings is 3. The van der Waals surface area contributed by atoms with Crippen LogP contribution in [0.25, 0.3) is 16.7 Å². The Morgan fingerprint density at radius 2 is 1.49 bits per heavy atom. The highest BCUT2D eigenvalue weighted by Gasteiger charge is 2.41. The van der Waals surface area contributed by atoms with E-state index in [9.17, 15) is 4.79 Å². The lowest BCUT2D eigenvalue weighted by molar-refractivity contribution is -0.127. The Bertz CT molecular complexity index is 1460. The number of rotatable bonds is 8. The number of halogens is 1. The van der Waals surface area contributed by atoms with E-state index in [1.807, 2.05) is 31.3 Å². The molecule has 5 N–H and O–H groups in total. The lowest BCUT2D eigenvalue weighted by Crippen LogP contribution is -2.49. The number of likely N-dealkylation sites (N-methyl/N-ethyl adjacent to an activating group) is 1. The Balaban J connectivity index is 0.000000164. The van der Waals surface area contributed by atoms with Gasteiger partial charge in [-0.05, 0) is 106 Å². The van der Waals surface area contributed by atoms with E-state index in [1.54, 1.807) is 0 Å². The standard InChI is InChI=1S/C18H19N.C13H16ClNO.C8H18N4/c1-19(2)13-7-12-18-16-10-5-3-8-14(16)15-9-4-6-11-17(15)18;1-15-13(9-5-4-8-12(13)16)10-6-2-3-7-11(10)14;9-8(10)11-4-7-12-5-2-1-3-6-12/h3-6,8-12H,7,13H2,1-2H3;2-3,6-7,15H,4-5,8-9H2,1H3;1-7H2,(H4,9,10,11). The van der Waals surface area contributed by atoms with Gasteiger partial charge in [0.2, 0.25) is 0 Å². The van der Waals surface area contributed by atoms with Crippen molar-refractivity contribution in [1.29, 1.82) is 0 Å². The minimum Gasteiger partial charge on any atom is -0.370 e. The van der Waals surface area contributed by atoms with E-state index in [0.717, 1.165) is 50.9 Å². The number of nitrogens with one attached hydrogen (secondary N) is 1. The van der Waals surface area contributed by atoms with Gasteiger partial charge in [0.1, 0.15) is 5.54 Å². The fourth-order valence-electron chi connectivity index (χ4n) is 6.76. The highest BCUT2D eigenvalue weighted by molar-refractivity contribution is 6.31. The number of likely N-dealkylation sites (tertiary alicyclic amines) is 1. The van der Waals surface area contributed by atoms with Crippen LogP contribution in [0.15, 0.2) is 83.9 Å². The fraction of sp³-hybridized carbons (Fsp3) is 0.436. The molecule has 3 aliphatic rings. The highest BCUT2D eigenvalue weighted by atomic mass is 35.5. The van der Waals surface area contributed by atoms with Gasteiger partial charge in [-0.2, -0.15) is 0 Å². The smallest absolute Gasteiger partial charge is 0.185 e. The van der Waals surface area contributed by atoms with E-state index in [4.69, 9.17) is 23.1 Å². The Labute approximate surface area is 287 Å². The Hall–Kier alpha value is -3.49. The first kappa shape index (κ1) is 36.3. The van der Waals surface area contributed by atoms with Crippen LogP contribution in [-0.4, -0.2) is 75.4 Å². The van der Waals surface area contributed by atoms with E-state index < -0.39 is 5.54 Å². The summed E-state index contributed by atoms with van der Waals surface area (Å²) in [5, 5.41) is 3.86. The number of hydrogen-bond acceptors (Lipinski definition) is 5. The topological polar surface area (TPSA) is 100.0 Å². The van der Waals surface area contributed by atoms with Gasteiger partial charge < -0.3 is 26.6 Å². The lowest BCUT2D eigenvalue weighted by atomic mass is 9.75. The van der Waals surface area contributed by atoms with E-state index in [0.29, 0.717) is 11.4 Å². The van der Waals surface area contributed by atoms with Crippen molar-refractivity contribution in [2.24, 2.45) is 16.5 Å². The maximum Gasteiger partial charge on any atom is 0.185 e. The molecule has 2 fully saturated rings. The van der Waals surface area contributed by atoms with Crippen LogP contribution in [0, 0.1) is 0 Å². The minimum absolute atomic E-state index is 0.201. The van der Waals surface area contributed by atoms with Crippen molar-refractivity contribution in [3.05, 3.63) is 101 Å². The summed E-state index contributed by atoms with van der Waals surface area (Å²) in [6, 6.07) is 25.0. The van der Waals surface area contributed by atoms with Crippen LogP contribution in [0.5, 0.6) is 0 Å². The summed E-state index contributed by atoms with van der Waals surface area (Å²) in [5.41, 5.74) is 17.7. The number of carbonyl (C=O) groups is 1. The monoisotopic (exact) mass is 656 g/mol. The fourth-order valence-corrected chi connectivity index (χ4v) is 7.06. The predicted octanol–water partition coefficient (Wildman–Crippen LogP) is 6.69. The molecule has 3 aromatic rings. The van der Waals surface area contributed by atoms with Gasteiger partial charge in [-0.15, -0.1) is 0 Å². The van der Waals surface area contributed by atoms with Gasteiger partial charge in [-0.1, -0.05) is 97.2 Å². The van der Waals surface area contributed by atoms with Gasteiger partial charge in [-0.25, -0.2) is 0 Å². The zero-order valence-electron chi connectivity index (χ0n) is 28.5. The number of fused-ring (bicyclic) bond motifs is 3. The summed E-state index contributed by atoms with van der Waals surface area (Å²) in [5.74, 6) is 0.460. The van der Waals surface area contributed by atoms with Crippen molar-refractivity contribution < 1.29 is 4.79 Å². The van der Waals surface area contributed by atoms with Crippen LogP contribution in [0.4, 0.5) is 0 Å². The van der Waals surface area contributed by atoms with Gasteiger partial charge in [0.05, 0.1) is 6.54 Å². The lowest BCUT2D eigenvalue weighted by Gasteiger charge is -2.36. The second kappa shape index (κ2) is 18.2. The van der Waals surface area contributed by atoms with Crippen LogP contribution in [0.2, 0.25) is 5.02 Å². The number of Topliss-reactive ketones (excluding diaryl/α,β-unsaturated/α-hetero) is 1. The third-order valence-corrected chi connectivity index (χ3v) is 9.58. The number of nitrogens with two attached hydrogens (primary N) is 2. The van der Waals surface area contributed by atoms with Crippen molar-refractivity contribution in [3.63, 3.8) is 0 Å². The average molecular weight is 657 g/mol. The van der Waals surface area contributed by atoms with Crippen molar-refractivity contribution in [3.8, 4) is 11.1 Å². The molecule has 0 amide bonds. The van der Waals surface area contributed by atoms with Gasteiger partial charge in [0.25, 0.3) is 0 Å². The molecule has 0 spiro atoms. The summed E-state index contributed by atoms with van der Waals surface area (Å²) in [6.07, 6.45) is 11.0. The first-order valence-electron chi connectivity index (χ1n) is 17.1. The Morgan fingerprint density at radius 1 is 0.894 bits per heavy atom. The largest absolute Gasteiger partial charge is 0.370 e. The van der Waals surface area contributed by atoms with Crippen LogP contribution >= 0.6 is 11.6 Å². The normalized spacial score (nSPS) is 18.7. The maximum absolute atomic E-state index is 12.2. The molecule has 3 aromatic carbocycles. The summed E-state index contributed by atoms with van der Waals surface area (Å²) < 4.78 is 0. The van der Waals surface area contributed by atoms with Crippen LogP contribution in [0.1, 0.15) is 68.1 Å². The first-order valence-corrected chi connectivity index (χ1v) is 17.4. The third-order valence-electron chi connectivity index (χ3n) is 9.25. The average Bonchev–Trinajstić information content (AvgIpc) is 3.40. The minimum atomic E-state index is -0.559. The molecule has 6 rings (SSSR count). The molecule has 2 aliphatic carbocycles. The molecule has 1 saturated carbocycles. The predicted molar refractivity (Wildman–Crippen MR) is 199 cm³/mol. The Kier molecular flexibility index (Phi) is 14.0. The van der Waals surface area contributed by atoms with E-state index >= 15 is 0 Å². The molecule has 252 valence electrons. The second-order valence-electron chi connectivity index (χ2n) is 12.8. The number of ketones is 1. The zero-order chi connectivity index (χ0) is 33.6. The van der Waals surface area contributed by atoms with Crippen LogP contribution in [-0.2, 0) is 10.3 Å². The molecule has 1 aliphatic heterocycles. The number of guanidine groups is 1. The van der Waals surface area contributed by atoms with Gasteiger partial charge in [0.15, 0.2) is 11.7 Å². The molecule has 47 heavy (non-hydrogen) atoms. The molecule has 1 atom stereocenters. The zero-order valence-corrected chi connectivity index (χ0v) is 29.2. The summed E-state index contributed by atoms with van der Waals surface area (Å²) >= 11 is 6.20. The molecular weight excluding hydrogens is 604 g/mol. The van der Waals surface area contributed by atoms with Crippen molar-refractivity contribution in [1.82, 2.24) is 15.1 Å². The second-order valence-corrected chi connectivity index (χ2v) is 13.2. The maximum atomic E-state index is 12.2. The summed E-state index contributed by atoms with van der Waals surface area (Å²) in [6.45, 7) is 5.24.